The van der Waals surface area contributed by atoms with Crippen molar-refractivity contribution in [3.05, 3.63) is 215 Å². The SMILES string of the molecule is CC[C@@]1(O)C(=O)OCc2c1cc1n(c2=O)Cc2c-1nc1cc(F)c(C)c3c1c2[C@@H](NC(=O)[C@H](CCCCNC(c1ccccc1)(c1ccccc1)c1ccc(C)cc1)NC(=O)[C@H](Cc1ccccc1)NC(=O)CCOCCOCCOCCOCCOCCOCCOCCOCCOCCN=[N+]=[N-])CC3. The van der Waals surface area contributed by atoms with Gasteiger partial charge in [-0.2, -0.15) is 0 Å². The van der Waals surface area contributed by atoms with Crippen LogP contribution in [-0.4, -0.2) is 182 Å². The van der Waals surface area contributed by atoms with E-state index in [1.165, 1.54) is 10.6 Å². The zero-order valence-electron chi connectivity index (χ0n) is 60.8. The van der Waals surface area contributed by atoms with Gasteiger partial charge in [-0.1, -0.05) is 133 Å². The van der Waals surface area contributed by atoms with E-state index in [4.69, 9.17) is 57.9 Å². The van der Waals surface area contributed by atoms with E-state index in [2.05, 4.69) is 86.7 Å². The third-order valence-electron chi connectivity index (χ3n) is 19.3. The van der Waals surface area contributed by atoms with E-state index >= 15 is 14.0 Å². The average Bonchev–Trinajstić information content (AvgIpc) is 1.50. The highest BCUT2D eigenvalue weighted by atomic mass is 19.1. The molecule has 0 bridgehead atoms. The molecule has 106 heavy (non-hydrogen) atoms. The molecule has 2 aliphatic heterocycles. The lowest BCUT2D eigenvalue weighted by molar-refractivity contribution is -0.172. The number of halogens is 1. The van der Waals surface area contributed by atoms with Crippen LogP contribution in [-0.2, 0) is 104 Å². The normalized spacial score (nSPS) is 15.6. The monoisotopic (exact) mass is 1460 g/mol. The van der Waals surface area contributed by atoms with Gasteiger partial charge in [0.1, 0.15) is 24.5 Å². The van der Waals surface area contributed by atoms with Crippen molar-refractivity contribution >= 4 is 34.6 Å². The van der Waals surface area contributed by atoms with Crippen LogP contribution in [0.5, 0.6) is 0 Å². The number of fused-ring (bicyclic) bond motifs is 5. The number of azide groups is 1. The van der Waals surface area contributed by atoms with Gasteiger partial charge in [0.15, 0.2) is 5.60 Å². The van der Waals surface area contributed by atoms with Gasteiger partial charge in [-0.25, -0.2) is 14.2 Å². The second kappa shape index (κ2) is 40.7. The molecule has 4 atom stereocenters. The first-order chi connectivity index (χ1) is 51.7. The molecule has 4 heterocycles. The smallest absolute Gasteiger partial charge is 0.343 e. The predicted octanol–water partition coefficient (Wildman–Crippen LogP) is 8.75. The number of benzene rings is 5. The Bertz CT molecular complexity index is 4090. The number of hydrogen-bond acceptors (Lipinski definition) is 19. The van der Waals surface area contributed by atoms with E-state index in [1.54, 1.807) is 19.9 Å². The third kappa shape index (κ3) is 20.8. The topological polar surface area (TPSA) is 313 Å². The van der Waals surface area contributed by atoms with Crippen molar-refractivity contribution in [2.45, 2.75) is 115 Å². The number of aliphatic hydroxyl groups is 1. The number of aromatic nitrogens is 2. The Morgan fingerprint density at radius 3 is 1.77 bits per heavy atom. The molecule has 0 unspecified atom stereocenters. The minimum atomic E-state index is -2.08. The number of aryl methyl sites for hydroxylation is 2. The van der Waals surface area contributed by atoms with Crippen molar-refractivity contribution in [2.24, 2.45) is 5.11 Å². The molecule has 0 radical (unpaired) electrons. The van der Waals surface area contributed by atoms with Gasteiger partial charge in [0.2, 0.25) is 17.7 Å². The van der Waals surface area contributed by atoms with Crippen LogP contribution < -0.4 is 26.8 Å². The summed E-state index contributed by atoms with van der Waals surface area (Å²) >= 11 is 0. The van der Waals surface area contributed by atoms with E-state index in [0.29, 0.717) is 177 Å². The van der Waals surface area contributed by atoms with Crippen LogP contribution in [0.2, 0.25) is 0 Å². The largest absolute Gasteiger partial charge is 0.458 e. The molecule has 3 aliphatic rings. The minimum absolute atomic E-state index is 0.0326. The number of ether oxygens (including phenoxy) is 10. The number of nitrogens with zero attached hydrogens (tertiary/aromatic N) is 5. The van der Waals surface area contributed by atoms with Crippen molar-refractivity contribution < 1.29 is 76.0 Å². The van der Waals surface area contributed by atoms with Crippen LogP contribution in [0.4, 0.5) is 4.39 Å². The summed E-state index contributed by atoms with van der Waals surface area (Å²) in [4.78, 5) is 79.8. The zero-order chi connectivity index (χ0) is 74.5. The number of pyridine rings is 2. The molecule has 0 saturated carbocycles. The van der Waals surface area contributed by atoms with Gasteiger partial charge in [0.05, 0.1) is 160 Å². The van der Waals surface area contributed by atoms with Crippen LogP contribution in [0.3, 0.4) is 0 Å². The molecular formula is C80H98FN9O16. The molecular weight excluding hydrogens is 1360 g/mol. The number of unbranched alkanes of at least 4 members (excludes halogenated alkanes) is 1. The highest BCUT2D eigenvalue weighted by Gasteiger charge is 2.46. The van der Waals surface area contributed by atoms with Crippen LogP contribution in [0, 0.1) is 19.7 Å². The first-order valence-corrected chi connectivity index (χ1v) is 36.6. The summed E-state index contributed by atoms with van der Waals surface area (Å²) in [5.74, 6) is -2.82. The molecule has 5 aromatic carbocycles. The molecule has 7 aromatic rings. The van der Waals surface area contributed by atoms with Gasteiger partial charge in [-0.3, -0.25) is 24.5 Å². The van der Waals surface area contributed by atoms with Gasteiger partial charge in [-0.15, -0.1) is 0 Å². The van der Waals surface area contributed by atoms with Crippen molar-refractivity contribution in [3.63, 3.8) is 0 Å². The van der Waals surface area contributed by atoms with Gasteiger partial charge in [0.25, 0.3) is 5.56 Å². The van der Waals surface area contributed by atoms with Gasteiger partial charge >= 0.3 is 5.97 Å². The molecule has 0 fully saturated rings. The summed E-state index contributed by atoms with van der Waals surface area (Å²) in [7, 11) is 0. The van der Waals surface area contributed by atoms with Crippen LogP contribution in [0.25, 0.3) is 32.7 Å². The Morgan fingerprint density at radius 1 is 0.679 bits per heavy atom. The standard InChI is InChI=1S/C80H98FN9O16/c1-4-79(96)64-51-70-74-62(53-90(70)77(94)63(64)54-106-78(79)95)73-66(28-27-61-56(3)65(81)52-68(86-74)72(61)73)87-75(92)67(22-14-15-30-83-80(58-18-10-6-11-19-58,59-20-12-7-13-21-59)60-25-23-55(2)24-26-60)88-76(93)69(50-57-16-8-5-9-17-57)85-71(91)29-32-97-34-36-99-38-40-101-42-44-103-46-48-105-49-47-104-45-43-102-41-39-100-37-35-98-33-31-84-89-82/h5-13,16-21,23-26,51-52,66-67,69,83,96H,4,14-15,22,27-50,53-54H2,1-3H3,(H,85,91)(H,87,92)(H,88,93)/t66-,67-,69-,79-/m0/s1. The quantitative estimate of drug-likeness (QED) is 0.00594. The second-order valence-electron chi connectivity index (χ2n) is 26.3. The maximum absolute atomic E-state index is 16.0. The molecule has 2 aromatic heterocycles. The molecule has 25 nitrogen and oxygen atoms in total. The van der Waals surface area contributed by atoms with Crippen molar-refractivity contribution in [2.75, 3.05) is 132 Å². The Kier molecular flexibility index (Phi) is 30.6. The lowest BCUT2D eigenvalue weighted by Crippen LogP contribution is -2.55. The third-order valence-corrected chi connectivity index (χ3v) is 19.3. The number of rotatable bonds is 47. The molecule has 3 amide bonds. The van der Waals surface area contributed by atoms with E-state index < -0.39 is 64.3 Å². The number of nitrogens with one attached hydrogen (secondary N) is 4. The van der Waals surface area contributed by atoms with E-state index in [9.17, 15) is 19.5 Å². The molecule has 26 heteroatoms. The lowest BCUT2D eigenvalue weighted by Gasteiger charge is -2.37. The number of cyclic esters (lactones) is 1. The van der Waals surface area contributed by atoms with Crippen LogP contribution >= 0.6 is 0 Å². The van der Waals surface area contributed by atoms with Crippen LogP contribution in [0.15, 0.2) is 137 Å². The Labute approximate surface area is 617 Å². The fraction of sp³-hybridized carbons (Fsp3) is 0.475. The number of esters is 1. The Hall–Kier alpha value is -8.86. The van der Waals surface area contributed by atoms with Gasteiger partial charge < -0.3 is 73.0 Å². The number of carbonyl (C=O) groups excluding carboxylic acids is 4. The van der Waals surface area contributed by atoms with Crippen molar-refractivity contribution in [1.82, 2.24) is 30.8 Å². The fourth-order valence-electron chi connectivity index (χ4n) is 13.7. The van der Waals surface area contributed by atoms with Crippen molar-refractivity contribution in [3.8, 4) is 11.4 Å². The minimum Gasteiger partial charge on any atom is -0.458 e. The molecule has 566 valence electrons. The number of hydrogen-bond donors (Lipinski definition) is 5. The first kappa shape index (κ1) is 79.7. The second-order valence-corrected chi connectivity index (χ2v) is 26.3. The van der Waals surface area contributed by atoms with E-state index in [-0.39, 0.29) is 69.8 Å². The van der Waals surface area contributed by atoms with Crippen molar-refractivity contribution in [1.29, 1.82) is 0 Å². The highest BCUT2D eigenvalue weighted by molar-refractivity contribution is 5.96. The molecule has 10 rings (SSSR count). The fourth-order valence-corrected chi connectivity index (χ4v) is 13.7. The van der Waals surface area contributed by atoms with E-state index in [1.807, 2.05) is 66.7 Å². The highest BCUT2D eigenvalue weighted by Crippen LogP contribution is 2.46. The predicted molar refractivity (Wildman–Crippen MR) is 394 cm³/mol. The summed E-state index contributed by atoms with van der Waals surface area (Å²) in [6, 6.07) is 38.4. The Morgan fingerprint density at radius 2 is 1.22 bits per heavy atom. The lowest BCUT2D eigenvalue weighted by atomic mass is 9.76. The van der Waals surface area contributed by atoms with Gasteiger partial charge in [-0.05, 0) is 109 Å². The maximum Gasteiger partial charge on any atom is 0.343 e. The number of amides is 3. The Balaban J connectivity index is 0.748. The van der Waals surface area contributed by atoms with Crippen LogP contribution in [0.1, 0.15) is 113 Å². The van der Waals surface area contributed by atoms with Gasteiger partial charge in [0, 0.05) is 46.9 Å². The summed E-state index contributed by atoms with van der Waals surface area (Å²) in [5.41, 5.74) is 13.7. The summed E-state index contributed by atoms with van der Waals surface area (Å²) in [6.07, 6.45) is 1.93. The number of carbonyl (C=O) groups is 4. The molecule has 0 saturated heterocycles. The molecule has 5 N–H and O–H groups in total. The molecule has 0 spiro atoms. The summed E-state index contributed by atoms with van der Waals surface area (Å²) in [6.45, 7) is 12.5. The summed E-state index contributed by atoms with van der Waals surface area (Å²) < 4.78 is 72.8. The zero-order valence-corrected chi connectivity index (χ0v) is 60.8. The van der Waals surface area contributed by atoms with E-state index in [0.717, 1.165) is 33.4 Å². The first-order valence-electron chi connectivity index (χ1n) is 36.6. The summed E-state index contributed by atoms with van der Waals surface area (Å²) in [5, 5.41) is 29.1. The molecule has 1 aliphatic carbocycles. The average molecular weight is 1460 g/mol. The maximum atomic E-state index is 16.0.